The number of aromatic amines is 1. The quantitative estimate of drug-likeness (QED) is 0.793. The fraction of sp³-hybridized carbons (Fsp3) is 0.643. The molecule has 3 heterocycles. The number of hydrogen-bond donors (Lipinski definition) is 2. The molecule has 1 aliphatic carbocycles. The zero-order valence-electron chi connectivity index (χ0n) is 11.8. The maximum Gasteiger partial charge on any atom is 0.407 e. The van der Waals surface area contributed by atoms with Crippen molar-refractivity contribution < 1.29 is 14.3 Å². The van der Waals surface area contributed by atoms with Crippen LogP contribution in [0.25, 0.3) is 0 Å². The highest BCUT2D eigenvalue weighted by Gasteiger charge is 2.45. The maximum atomic E-state index is 12.7. The molecule has 112 valence electrons. The van der Waals surface area contributed by atoms with Crippen LogP contribution in [0.1, 0.15) is 41.0 Å². The smallest absolute Gasteiger partial charge is 0.407 e. The second kappa shape index (κ2) is 4.47. The molecule has 1 spiro atoms. The van der Waals surface area contributed by atoms with Gasteiger partial charge in [0.05, 0.1) is 13.1 Å². The van der Waals surface area contributed by atoms with Crippen LogP contribution in [0.3, 0.4) is 0 Å². The van der Waals surface area contributed by atoms with E-state index in [4.69, 9.17) is 4.74 Å². The van der Waals surface area contributed by atoms with Crippen LogP contribution in [0.5, 0.6) is 0 Å². The molecule has 0 bridgehead atoms. The molecule has 0 aromatic carbocycles. The van der Waals surface area contributed by atoms with Crippen LogP contribution in [0.4, 0.5) is 4.79 Å². The third kappa shape index (κ3) is 1.99. The lowest BCUT2D eigenvalue weighted by molar-refractivity contribution is -0.00527. The molecule has 7 nitrogen and oxygen atoms in total. The third-order valence-electron chi connectivity index (χ3n) is 4.70. The summed E-state index contributed by atoms with van der Waals surface area (Å²) in [5.41, 5.74) is 2.17. The molecule has 21 heavy (non-hydrogen) atoms. The molecule has 4 rings (SSSR count). The first kappa shape index (κ1) is 12.7. The van der Waals surface area contributed by atoms with Crippen molar-refractivity contribution in [3.8, 4) is 0 Å². The molecule has 2 amide bonds. The number of nitrogens with one attached hydrogen (secondary N) is 2. The SMILES string of the molecule is O=C1NC[C@]2(CCCN(C(=O)c3n[nH]c4c3CCC4)C2)O1. The Morgan fingerprint density at radius 2 is 2.24 bits per heavy atom. The second-order valence-electron chi connectivity index (χ2n) is 6.14. The van der Waals surface area contributed by atoms with E-state index in [1.807, 2.05) is 0 Å². The number of aryl methyl sites for hydroxylation is 1. The van der Waals surface area contributed by atoms with Crippen molar-refractivity contribution in [2.45, 2.75) is 37.7 Å². The zero-order chi connectivity index (χ0) is 14.4. The van der Waals surface area contributed by atoms with E-state index in [9.17, 15) is 9.59 Å². The minimum absolute atomic E-state index is 0.0450. The van der Waals surface area contributed by atoms with Gasteiger partial charge in [0, 0.05) is 17.8 Å². The fourth-order valence-corrected chi connectivity index (χ4v) is 3.65. The molecule has 1 aromatic rings. The summed E-state index contributed by atoms with van der Waals surface area (Å²) in [5, 5.41) is 9.88. The lowest BCUT2D eigenvalue weighted by Gasteiger charge is -2.37. The van der Waals surface area contributed by atoms with Crippen LogP contribution < -0.4 is 5.32 Å². The standard InChI is InChI=1S/C14H18N4O3/c19-12(11-9-3-1-4-10(9)16-17-11)18-6-2-5-14(8-18)7-15-13(20)21-14/h1-8H2,(H,15,20)(H,16,17)/t14-/m0/s1. The molecule has 2 fully saturated rings. The number of ether oxygens (including phenoxy) is 1. The van der Waals surface area contributed by atoms with Crippen LogP contribution >= 0.6 is 0 Å². The molecular formula is C14H18N4O3. The molecule has 0 radical (unpaired) electrons. The number of aromatic nitrogens is 2. The highest BCUT2D eigenvalue weighted by molar-refractivity contribution is 5.94. The van der Waals surface area contributed by atoms with Gasteiger partial charge in [0.2, 0.25) is 0 Å². The summed E-state index contributed by atoms with van der Waals surface area (Å²) in [7, 11) is 0. The van der Waals surface area contributed by atoms with Crippen molar-refractivity contribution in [2.24, 2.45) is 0 Å². The first-order chi connectivity index (χ1) is 10.2. The number of hydrogen-bond acceptors (Lipinski definition) is 4. The Morgan fingerprint density at radius 3 is 3.05 bits per heavy atom. The normalized spacial score (nSPS) is 27.6. The monoisotopic (exact) mass is 290 g/mol. The number of carbonyl (C=O) groups excluding carboxylic acids is 2. The number of fused-ring (bicyclic) bond motifs is 1. The van der Waals surface area contributed by atoms with Crippen LogP contribution in [0.2, 0.25) is 0 Å². The van der Waals surface area contributed by atoms with Gasteiger partial charge in [-0.25, -0.2) is 4.79 Å². The molecule has 2 saturated heterocycles. The van der Waals surface area contributed by atoms with Crippen molar-refractivity contribution >= 4 is 12.0 Å². The summed E-state index contributed by atoms with van der Waals surface area (Å²) in [4.78, 5) is 25.8. The second-order valence-corrected chi connectivity index (χ2v) is 6.14. The van der Waals surface area contributed by atoms with Crippen molar-refractivity contribution in [3.05, 3.63) is 17.0 Å². The third-order valence-corrected chi connectivity index (χ3v) is 4.70. The molecule has 0 saturated carbocycles. The zero-order valence-corrected chi connectivity index (χ0v) is 11.8. The molecule has 7 heteroatoms. The van der Waals surface area contributed by atoms with E-state index < -0.39 is 5.60 Å². The van der Waals surface area contributed by atoms with Crippen molar-refractivity contribution in [2.75, 3.05) is 19.6 Å². The summed E-state index contributed by atoms with van der Waals surface area (Å²) in [6, 6.07) is 0. The predicted molar refractivity (Wildman–Crippen MR) is 73.0 cm³/mol. The van der Waals surface area contributed by atoms with E-state index in [0.29, 0.717) is 25.3 Å². The van der Waals surface area contributed by atoms with E-state index in [1.54, 1.807) is 4.90 Å². The van der Waals surface area contributed by atoms with E-state index in [2.05, 4.69) is 15.5 Å². The highest BCUT2D eigenvalue weighted by Crippen LogP contribution is 2.30. The van der Waals surface area contributed by atoms with Gasteiger partial charge in [-0.05, 0) is 32.1 Å². The Hall–Kier alpha value is -2.05. The van der Waals surface area contributed by atoms with Gasteiger partial charge in [-0.15, -0.1) is 0 Å². The largest absolute Gasteiger partial charge is 0.439 e. The van der Waals surface area contributed by atoms with Gasteiger partial charge in [-0.2, -0.15) is 5.10 Å². The summed E-state index contributed by atoms with van der Waals surface area (Å²) < 4.78 is 5.41. The first-order valence-electron chi connectivity index (χ1n) is 7.49. The summed E-state index contributed by atoms with van der Waals surface area (Å²) in [5.74, 6) is -0.0450. The number of H-pyrrole nitrogens is 1. The number of piperidine rings is 1. The average Bonchev–Trinajstić information content (AvgIpc) is 3.14. The topological polar surface area (TPSA) is 87.3 Å². The van der Waals surface area contributed by atoms with Crippen LogP contribution in [-0.4, -0.2) is 52.3 Å². The lowest BCUT2D eigenvalue weighted by Crippen LogP contribution is -2.52. The summed E-state index contributed by atoms with van der Waals surface area (Å²) >= 11 is 0. The number of amides is 2. The van der Waals surface area contributed by atoms with Crippen LogP contribution in [0.15, 0.2) is 0 Å². The maximum absolute atomic E-state index is 12.7. The number of likely N-dealkylation sites (tertiary alicyclic amines) is 1. The van der Waals surface area contributed by atoms with Gasteiger partial charge in [0.25, 0.3) is 5.91 Å². The van der Waals surface area contributed by atoms with Crippen LogP contribution in [0, 0.1) is 0 Å². The molecular weight excluding hydrogens is 272 g/mol. The Balaban J connectivity index is 1.55. The number of carbonyl (C=O) groups is 2. The number of rotatable bonds is 1. The van der Waals surface area contributed by atoms with Gasteiger partial charge < -0.3 is 15.0 Å². The summed E-state index contributed by atoms with van der Waals surface area (Å²) in [6.07, 6.45) is 4.23. The molecule has 2 aliphatic heterocycles. The lowest BCUT2D eigenvalue weighted by atomic mass is 9.92. The number of nitrogens with zero attached hydrogens (tertiary/aromatic N) is 2. The Kier molecular flexibility index (Phi) is 2.70. The predicted octanol–water partition coefficient (Wildman–Crippen LogP) is 0.613. The van der Waals surface area contributed by atoms with Crippen molar-refractivity contribution in [3.63, 3.8) is 0 Å². The first-order valence-corrected chi connectivity index (χ1v) is 7.49. The Morgan fingerprint density at radius 1 is 1.33 bits per heavy atom. The van der Waals surface area contributed by atoms with E-state index in [-0.39, 0.29) is 12.0 Å². The molecule has 1 aromatic heterocycles. The minimum Gasteiger partial charge on any atom is -0.439 e. The highest BCUT2D eigenvalue weighted by atomic mass is 16.6. The van der Waals surface area contributed by atoms with Crippen LogP contribution in [-0.2, 0) is 17.6 Å². The van der Waals surface area contributed by atoms with Gasteiger partial charge in [0.1, 0.15) is 5.60 Å². The van der Waals surface area contributed by atoms with Gasteiger partial charge in [0.15, 0.2) is 5.69 Å². The molecule has 1 atom stereocenters. The van der Waals surface area contributed by atoms with Crippen molar-refractivity contribution in [1.82, 2.24) is 20.4 Å². The Labute approximate surface area is 122 Å². The van der Waals surface area contributed by atoms with Gasteiger partial charge in [-0.3, -0.25) is 9.89 Å². The van der Waals surface area contributed by atoms with Gasteiger partial charge >= 0.3 is 6.09 Å². The fourth-order valence-electron chi connectivity index (χ4n) is 3.65. The summed E-state index contributed by atoms with van der Waals surface area (Å²) in [6.45, 7) is 1.63. The Bertz CT molecular complexity index is 611. The average molecular weight is 290 g/mol. The minimum atomic E-state index is -0.551. The van der Waals surface area contributed by atoms with E-state index in [1.165, 1.54) is 0 Å². The molecule has 0 unspecified atom stereocenters. The van der Waals surface area contributed by atoms with Crippen molar-refractivity contribution in [1.29, 1.82) is 0 Å². The van der Waals surface area contributed by atoms with E-state index in [0.717, 1.165) is 43.4 Å². The van der Waals surface area contributed by atoms with Gasteiger partial charge in [-0.1, -0.05) is 0 Å². The van der Waals surface area contributed by atoms with E-state index >= 15 is 0 Å². The number of alkyl carbamates (subject to hydrolysis) is 1. The molecule has 2 N–H and O–H groups in total. The molecule has 3 aliphatic rings.